The van der Waals surface area contributed by atoms with Crippen LogP contribution in [0, 0.1) is 17.8 Å². The van der Waals surface area contributed by atoms with Crippen LogP contribution in [0.1, 0.15) is 46.0 Å². The second-order valence-electron chi connectivity index (χ2n) is 4.49. The summed E-state index contributed by atoms with van der Waals surface area (Å²) in [5, 5.41) is 0. The topological polar surface area (TPSA) is 0 Å². The van der Waals surface area contributed by atoms with E-state index in [1.165, 1.54) is 36.5 Å². The van der Waals surface area contributed by atoms with Gasteiger partial charge in [0.15, 0.2) is 0 Å². The summed E-state index contributed by atoms with van der Waals surface area (Å²) < 4.78 is 1.34. The quantitative estimate of drug-likeness (QED) is 0.535. The van der Waals surface area contributed by atoms with E-state index in [1.807, 2.05) is 0 Å². The molecule has 12 heavy (non-hydrogen) atoms. The zero-order valence-electron chi connectivity index (χ0n) is 8.35. The molecule has 0 aromatic heterocycles. The Kier molecular flexibility index (Phi) is 4.92. The molecule has 1 saturated carbocycles. The predicted octanol–water partition coefficient (Wildman–Crippen LogP) is 4.27. The van der Waals surface area contributed by atoms with Gasteiger partial charge in [-0.05, 0) is 35.0 Å². The van der Waals surface area contributed by atoms with Gasteiger partial charge in [-0.25, -0.2) is 0 Å². The van der Waals surface area contributed by atoms with E-state index in [-0.39, 0.29) is 0 Å². The molecule has 72 valence electrons. The molecule has 0 aromatic carbocycles. The summed E-state index contributed by atoms with van der Waals surface area (Å²) in [6, 6.07) is 0. The maximum atomic E-state index is 2.50. The first kappa shape index (κ1) is 10.8. The molecule has 0 saturated heterocycles. The summed E-state index contributed by atoms with van der Waals surface area (Å²) in [5.74, 6) is 3.02. The van der Waals surface area contributed by atoms with Crippen LogP contribution >= 0.6 is 22.6 Å². The standard InChI is InChI=1S/C11H21I/c1-9-4-3-5-11(8-9)10(2)6-7-12/h9-11H,3-8H2,1-2H3/t9?,10-,11?/m1/s1. The van der Waals surface area contributed by atoms with Crippen molar-refractivity contribution in [3.05, 3.63) is 0 Å². The first-order valence-electron chi connectivity index (χ1n) is 5.30. The van der Waals surface area contributed by atoms with Crippen molar-refractivity contribution in [1.29, 1.82) is 0 Å². The highest BCUT2D eigenvalue weighted by molar-refractivity contribution is 14.1. The Bertz CT molecular complexity index is 122. The van der Waals surface area contributed by atoms with E-state index in [2.05, 4.69) is 36.4 Å². The first-order chi connectivity index (χ1) is 5.74. The maximum absolute atomic E-state index is 2.50. The van der Waals surface area contributed by atoms with Crippen molar-refractivity contribution < 1.29 is 0 Å². The summed E-state index contributed by atoms with van der Waals surface area (Å²) in [4.78, 5) is 0. The smallest absolute Gasteiger partial charge is 0.000209 e. The van der Waals surface area contributed by atoms with Gasteiger partial charge < -0.3 is 0 Å². The van der Waals surface area contributed by atoms with Gasteiger partial charge in [0.1, 0.15) is 0 Å². The lowest BCUT2D eigenvalue weighted by atomic mass is 9.75. The number of hydrogen-bond acceptors (Lipinski definition) is 0. The number of rotatable bonds is 3. The summed E-state index contributed by atoms with van der Waals surface area (Å²) in [6.45, 7) is 4.87. The molecule has 1 fully saturated rings. The largest absolute Gasteiger partial charge is 0.0864 e. The SMILES string of the molecule is CC1CCCC([C@H](C)CCI)C1. The Morgan fingerprint density at radius 3 is 2.75 bits per heavy atom. The maximum Gasteiger partial charge on any atom is -0.000209 e. The molecule has 2 unspecified atom stereocenters. The highest BCUT2D eigenvalue weighted by Crippen LogP contribution is 2.34. The van der Waals surface area contributed by atoms with Crippen LogP contribution in [-0.4, -0.2) is 4.43 Å². The van der Waals surface area contributed by atoms with Crippen molar-refractivity contribution >= 4 is 22.6 Å². The molecule has 1 rings (SSSR count). The Hall–Kier alpha value is 0.730. The predicted molar refractivity (Wildman–Crippen MR) is 63.8 cm³/mol. The first-order valence-corrected chi connectivity index (χ1v) is 6.82. The van der Waals surface area contributed by atoms with Gasteiger partial charge in [-0.3, -0.25) is 0 Å². The monoisotopic (exact) mass is 280 g/mol. The van der Waals surface area contributed by atoms with Crippen LogP contribution in [0.5, 0.6) is 0 Å². The van der Waals surface area contributed by atoms with Crippen LogP contribution in [0.25, 0.3) is 0 Å². The minimum atomic E-state index is 0.977. The summed E-state index contributed by atoms with van der Waals surface area (Å²) in [5.41, 5.74) is 0. The van der Waals surface area contributed by atoms with Crippen LogP contribution in [-0.2, 0) is 0 Å². The van der Waals surface area contributed by atoms with E-state index in [0.717, 1.165) is 17.8 Å². The van der Waals surface area contributed by atoms with Crippen LogP contribution in [0.2, 0.25) is 0 Å². The number of alkyl halides is 1. The Morgan fingerprint density at radius 2 is 2.17 bits per heavy atom. The fraction of sp³-hybridized carbons (Fsp3) is 1.00. The van der Waals surface area contributed by atoms with Crippen molar-refractivity contribution in [3.63, 3.8) is 0 Å². The van der Waals surface area contributed by atoms with Crippen molar-refractivity contribution in [3.8, 4) is 0 Å². The van der Waals surface area contributed by atoms with Gasteiger partial charge in [0.2, 0.25) is 0 Å². The van der Waals surface area contributed by atoms with Gasteiger partial charge in [-0.15, -0.1) is 0 Å². The molecular weight excluding hydrogens is 259 g/mol. The molecule has 0 heterocycles. The van der Waals surface area contributed by atoms with Gasteiger partial charge in [0, 0.05) is 0 Å². The molecule has 0 spiro atoms. The third-order valence-electron chi connectivity index (χ3n) is 3.35. The van der Waals surface area contributed by atoms with Crippen molar-refractivity contribution in [2.75, 3.05) is 4.43 Å². The summed E-state index contributed by atoms with van der Waals surface area (Å²) in [6.07, 6.45) is 7.39. The van der Waals surface area contributed by atoms with Gasteiger partial charge >= 0.3 is 0 Å². The highest BCUT2D eigenvalue weighted by atomic mass is 127. The fourth-order valence-corrected chi connectivity index (χ4v) is 3.39. The molecule has 1 aliphatic rings. The lowest BCUT2D eigenvalue weighted by Crippen LogP contribution is -2.20. The molecule has 0 bridgehead atoms. The third kappa shape index (κ3) is 3.23. The van der Waals surface area contributed by atoms with E-state index in [1.54, 1.807) is 0 Å². The molecule has 0 aliphatic heterocycles. The molecule has 0 radical (unpaired) electrons. The van der Waals surface area contributed by atoms with E-state index < -0.39 is 0 Å². The second-order valence-corrected chi connectivity index (χ2v) is 5.57. The van der Waals surface area contributed by atoms with Gasteiger partial charge in [-0.1, -0.05) is 55.7 Å². The van der Waals surface area contributed by atoms with Crippen LogP contribution in [0.3, 0.4) is 0 Å². The summed E-state index contributed by atoms with van der Waals surface area (Å²) in [7, 11) is 0. The molecule has 3 atom stereocenters. The van der Waals surface area contributed by atoms with Crippen LogP contribution in [0.15, 0.2) is 0 Å². The molecule has 0 N–H and O–H groups in total. The highest BCUT2D eigenvalue weighted by Gasteiger charge is 2.22. The van der Waals surface area contributed by atoms with E-state index in [9.17, 15) is 0 Å². The third-order valence-corrected chi connectivity index (χ3v) is 3.97. The Labute approximate surface area is 90.6 Å². The minimum Gasteiger partial charge on any atom is -0.0864 e. The molecule has 1 heteroatoms. The average Bonchev–Trinajstić information content (AvgIpc) is 2.05. The molecule has 0 nitrogen and oxygen atoms in total. The molecule has 0 aromatic rings. The van der Waals surface area contributed by atoms with Crippen molar-refractivity contribution in [1.82, 2.24) is 0 Å². The Morgan fingerprint density at radius 1 is 1.42 bits per heavy atom. The average molecular weight is 280 g/mol. The molecular formula is C11H21I. The molecule has 0 amide bonds. The zero-order valence-corrected chi connectivity index (χ0v) is 10.5. The summed E-state index contributed by atoms with van der Waals surface area (Å²) >= 11 is 2.50. The van der Waals surface area contributed by atoms with Crippen molar-refractivity contribution in [2.45, 2.75) is 46.0 Å². The van der Waals surface area contributed by atoms with Gasteiger partial charge in [0.05, 0.1) is 0 Å². The van der Waals surface area contributed by atoms with Gasteiger partial charge in [-0.2, -0.15) is 0 Å². The number of halogens is 1. The minimum absolute atomic E-state index is 0.977. The normalized spacial score (nSPS) is 33.2. The van der Waals surface area contributed by atoms with E-state index >= 15 is 0 Å². The lowest BCUT2D eigenvalue weighted by molar-refractivity contribution is 0.213. The number of hydrogen-bond donors (Lipinski definition) is 0. The van der Waals surface area contributed by atoms with Crippen LogP contribution in [0.4, 0.5) is 0 Å². The molecule has 1 aliphatic carbocycles. The Balaban J connectivity index is 2.29. The lowest BCUT2D eigenvalue weighted by Gasteiger charge is -2.31. The van der Waals surface area contributed by atoms with Crippen LogP contribution < -0.4 is 0 Å². The van der Waals surface area contributed by atoms with Gasteiger partial charge in [0.25, 0.3) is 0 Å². The second kappa shape index (κ2) is 5.46. The zero-order chi connectivity index (χ0) is 8.97. The van der Waals surface area contributed by atoms with E-state index in [0.29, 0.717) is 0 Å². The van der Waals surface area contributed by atoms with Crippen molar-refractivity contribution in [2.24, 2.45) is 17.8 Å². The van der Waals surface area contributed by atoms with E-state index in [4.69, 9.17) is 0 Å². The fourth-order valence-electron chi connectivity index (χ4n) is 2.41.